The Hall–Kier alpha value is -0.720. The highest BCUT2D eigenvalue weighted by Gasteiger charge is 2.36. The lowest BCUT2D eigenvalue weighted by Gasteiger charge is -2.23. The summed E-state index contributed by atoms with van der Waals surface area (Å²) in [6, 6.07) is 0. The van der Waals surface area contributed by atoms with Gasteiger partial charge in [0.2, 0.25) is 5.78 Å². The number of hydrogen-bond acceptors (Lipinski definition) is 4. The van der Waals surface area contributed by atoms with E-state index in [4.69, 9.17) is 4.74 Å². The number of carbonyl (C=O) groups is 1. The Labute approximate surface area is 115 Å². The number of Topliss-reactive ketones (excluding diaryl/α,β-unsaturated/α-hetero) is 1. The van der Waals surface area contributed by atoms with Gasteiger partial charge in [0.1, 0.15) is 11.3 Å². The molecule has 0 aliphatic carbocycles. The largest absolute Gasteiger partial charge is 0.383 e. The summed E-state index contributed by atoms with van der Waals surface area (Å²) in [5, 5.41) is 14.4. The van der Waals surface area contributed by atoms with Gasteiger partial charge in [-0.3, -0.25) is 9.48 Å². The van der Waals surface area contributed by atoms with E-state index in [2.05, 4.69) is 21.0 Å². The molecule has 0 spiro atoms. The quantitative estimate of drug-likeness (QED) is 0.781. The summed E-state index contributed by atoms with van der Waals surface area (Å²) in [6.07, 6.45) is 2.32. The van der Waals surface area contributed by atoms with E-state index in [9.17, 15) is 9.90 Å². The highest BCUT2D eigenvalue weighted by Crippen LogP contribution is 2.26. The zero-order chi connectivity index (χ0) is 13.8. The fraction of sp³-hybridized carbons (Fsp3) is 0.667. The molecule has 1 rings (SSSR count). The predicted molar refractivity (Wildman–Crippen MR) is 71.7 cm³/mol. The fourth-order valence-electron chi connectivity index (χ4n) is 1.73. The number of ketones is 1. The van der Waals surface area contributed by atoms with E-state index in [1.165, 1.54) is 0 Å². The molecular weight excluding hydrogens is 300 g/mol. The van der Waals surface area contributed by atoms with Crippen molar-refractivity contribution in [2.24, 2.45) is 0 Å². The summed E-state index contributed by atoms with van der Waals surface area (Å²) in [4.78, 5) is 12.4. The molecule has 6 heteroatoms. The Morgan fingerprint density at radius 2 is 2.17 bits per heavy atom. The van der Waals surface area contributed by atoms with E-state index in [-0.39, 0.29) is 5.78 Å². The number of aromatic nitrogens is 2. The highest BCUT2D eigenvalue weighted by molar-refractivity contribution is 9.10. The molecule has 0 saturated carbocycles. The Balaban J connectivity index is 3.08. The lowest BCUT2D eigenvalue weighted by molar-refractivity contribution is 0.0264. The van der Waals surface area contributed by atoms with Gasteiger partial charge in [0.25, 0.3) is 0 Å². The molecule has 0 aliphatic heterocycles. The van der Waals surface area contributed by atoms with Crippen LogP contribution in [0.5, 0.6) is 0 Å². The Morgan fingerprint density at radius 1 is 1.56 bits per heavy atom. The van der Waals surface area contributed by atoms with Crippen LogP contribution in [0.2, 0.25) is 0 Å². The van der Waals surface area contributed by atoms with E-state index in [1.54, 1.807) is 31.8 Å². The van der Waals surface area contributed by atoms with Crippen LogP contribution in [0.1, 0.15) is 37.2 Å². The third-order valence-corrected chi connectivity index (χ3v) is 3.69. The standard InChI is InChI=1S/C12H19BrN2O3/c1-4-12(17,5-2)11(16)10-9(13)8-14-15(10)6-7-18-3/h8,17H,4-7H2,1-3H3. The zero-order valence-electron chi connectivity index (χ0n) is 10.9. The predicted octanol–water partition coefficient (Wildman–Crippen LogP) is 2.03. The smallest absolute Gasteiger partial charge is 0.213 e. The number of nitrogens with zero attached hydrogens (tertiary/aromatic N) is 2. The van der Waals surface area contributed by atoms with E-state index in [0.29, 0.717) is 36.2 Å². The Bertz CT molecular complexity index is 413. The number of carbonyl (C=O) groups excluding carboxylic acids is 1. The van der Waals surface area contributed by atoms with Crippen LogP contribution in [0.15, 0.2) is 10.7 Å². The summed E-state index contributed by atoms with van der Waals surface area (Å²) in [7, 11) is 1.59. The van der Waals surface area contributed by atoms with Crippen molar-refractivity contribution in [3.8, 4) is 0 Å². The minimum absolute atomic E-state index is 0.298. The molecule has 0 unspecified atom stereocenters. The molecule has 0 bridgehead atoms. The molecular formula is C12H19BrN2O3. The van der Waals surface area contributed by atoms with Gasteiger partial charge >= 0.3 is 0 Å². The number of methoxy groups -OCH3 is 1. The van der Waals surface area contributed by atoms with Gasteiger partial charge in [0.05, 0.1) is 23.8 Å². The Kier molecular flexibility index (Phi) is 5.49. The summed E-state index contributed by atoms with van der Waals surface area (Å²) in [6.45, 7) is 4.54. The van der Waals surface area contributed by atoms with Crippen LogP contribution in [0, 0.1) is 0 Å². The summed E-state index contributed by atoms with van der Waals surface area (Å²) >= 11 is 3.30. The molecule has 102 valence electrons. The lowest BCUT2D eigenvalue weighted by Crippen LogP contribution is -2.38. The second kappa shape index (κ2) is 6.45. The summed E-state index contributed by atoms with van der Waals surface area (Å²) < 4.78 is 7.14. The fourth-order valence-corrected chi connectivity index (χ4v) is 2.20. The van der Waals surface area contributed by atoms with E-state index in [1.807, 2.05) is 0 Å². The van der Waals surface area contributed by atoms with Gasteiger partial charge in [0, 0.05) is 7.11 Å². The molecule has 5 nitrogen and oxygen atoms in total. The van der Waals surface area contributed by atoms with Crippen molar-refractivity contribution in [3.05, 3.63) is 16.4 Å². The van der Waals surface area contributed by atoms with Gasteiger partial charge in [0.15, 0.2) is 0 Å². The molecule has 1 aromatic rings. The SMILES string of the molecule is CCC(O)(CC)C(=O)c1c(Br)cnn1CCOC. The van der Waals surface area contributed by atoms with Crippen molar-refractivity contribution in [2.75, 3.05) is 13.7 Å². The number of ether oxygens (including phenoxy) is 1. The van der Waals surface area contributed by atoms with Gasteiger partial charge in [-0.1, -0.05) is 13.8 Å². The third-order valence-electron chi connectivity index (χ3n) is 3.11. The molecule has 1 N–H and O–H groups in total. The molecule has 1 aromatic heterocycles. The second-order valence-corrected chi connectivity index (χ2v) is 4.98. The highest BCUT2D eigenvalue weighted by atomic mass is 79.9. The van der Waals surface area contributed by atoms with Gasteiger partial charge in [-0.25, -0.2) is 0 Å². The van der Waals surface area contributed by atoms with Crippen molar-refractivity contribution in [3.63, 3.8) is 0 Å². The van der Waals surface area contributed by atoms with Gasteiger partial charge < -0.3 is 9.84 Å². The maximum Gasteiger partial charge on any atom is 0.213 e. The molecule has 0 aromatic carbocycles. The minimum atomic E-state index is -1.33. The summed E-state index contributed by atoms with van der Waals surface area (Å²) in [5.74, 6) is -0.298. The first-order chi connectivity index (χ1) is 8.50. The van der Waals surface area contributed by atoms with Crippen LogP contribution in [-0.4, -0.2) is 40.0 Å². The average Bonchev–Trinajstić information content (AvgIpc) is 2.75. The molecule has 0 fully saturated rings. The van der Waals surface area contributed by atoms with E-state index in [0.717, 1.165) is 0 Å². The average molecular weight is 319 g/mol. The van der Waals surface area contributed by atoms with Crippen LogP contribution in [0.25, 0.3) is 0 Å². The van der Waals surface area contributed by atoms with Crippen LogP contribution in [0.4, 0.5) is 0 Å². The molecule has 1 heterocycles. The molecule has 0 atom stereocenters. The Morgan fingerprint density at radius 3 is 2.67 bits per heavy atom. The zero-order valence-corrected chi connectivity index (χ0v) is 12.5. The van der Waals surface area contributed by atoms with Crippen LogP contribution < -0.4 is 0 Å². The van der Waals surface area contributed by atoms with Gasteiger partial charge in [-0.2, -0.15) is 5.10 Å². The number of hydrogen-bond donors (Lipinski definition) is 1. The normalized spacial score (nSPS) is 11.8. The monoisotopic (exact) mass is 318 g/mol. The minimum Gasteiger partial charge on any atom is -0.383 e. The first-order valence-corrected chi connectivity index (χ1v) is 6.76. The third kappa shape index (κ3) is 2.99. The molecule has 0 amide bonds. The maximum absolute atomic E-state index is 12.4. The van der Waals surface area contributed by atoms with Crippen molar-refractivity contribution in [1.82, 2.24) is 9.78 Å². The number of rotatable bonds is 7. The molecule has 0 aliphatic rings. The molecule has 0 radical (unpaired) electrons. The molecule has 18 heavy (non-hydrogen) atoms. The number of halogens is 1. The maximum atomic E-state index is 12.4. The van der Waals surface area contributed by atoms with Crippen molar-refractivity contribution in [1.29, 1.82) is 0 Å². The van der Waals surface area contributed by atoms with E-state index >= 15 is 0 Å². The van der Waals surface area contributed by atoms with E-state index < -0.39 is 5.60 Å². The lowest BCUT2D eigenvalue weighted by atomic mass is 9.90. The first kappa shape index (κ1) is 15.3. The van der Waals surface area contributed by atoms with Crippen molar-refractivity contribution < 1.29 is 14.6 Å². The van der Waals surface area contributed by atoms with Crippen LogP contribution >= 0.6 is 15.9 Å². The van der Waals surface area contributed by atoms with Gasteiger partial charge in [-0.15, -0.1) is 0 Å². The van der Waals surface area contributed by atoms with Crippen molar-refractivity contribution in [2.45, 2.75) is 38.8 Å². The van der Waals surface area contributed by atoms with Crippen molar-refractivity contribution >= 4 is 21.7 Å². The van der Waals surface area contributed by atoms with Gasteiger partial charge in [-0.05, 0) is 28.8 Å². The number of aliphatic hydroxyl groups is 1. The summed E-state index contributed by atoms with van der Waals surface area (Å²) in [5.41, 5.74) is -0.925. The second-order valence-electron chi connectivity index (χ2n) is 4.12. The first-order valence-electron chi connectivity index (χ1n) is 5.97. The van der Waals surface area contributed by atoms with Crippen LogP contribution in [0.3, 0.4) is 0 Å². The molecule has 0 saturated heterocycles. The topological polar surface area (TPSA) is 64.3 Å². The van der Waals surface area contributed by atoms with Crippen LogP contribution in [-0.2, 0) is 11.3 Å².